The molecule has 0 aliphatic heterocycles. The number of hydrogen-bond acceptors (Lipinski definition) is 6. The number of rotatable bonds is 6. The Morgan fingerprint density at radius 2 is 1.95 bits per heavy atom. The highest BCUT2D eigenvalue weighted by Gasteiger charge is 2.14. The summed E-state index contributed by atoms with van der Waals surface area (Å²) in [6, 6.07) is 3.26. The van der Waals surface area contributed by atoms with E-state index in [2.05, 4.69) is 20.3 Å². The molecule has 7 nitrogen and oxygen atoms in total. The molecule has 0 unspecified atom stereocenters. The molecule has 0 aliphatic carbocycles. The zero-order valence-corrected chi connectivity index (χ0v) is 12.9. The van der Waals surface area contributed by atoms with Crippen LogP contribution < -0.4 is 15.0 Å². The maximum absolute atomic E-state index is 12.2. The number of aromatic nitrogens is 3. The van der Waals surface area contributed by atoms with Gasteiger partial charge in [-0.25, -0.2) is 4.98 Å². The second kappa shape index (κ2) is 7.35. The number of nitrogens with zero attached hydrogens (tertiary/aromatic N) is 4. The summed E-state index contributed by atoms with van der Waals surface area (Å²) in [6.45, 7) is 5.64. The topological polar surface area (TPSA) is 80.2 Å². The van der Waals surface area contributed by atoms with Crippen LogP contribution >= 0.6 is 0 Å². The first kappa shape index (κ1) is 15.7. The van der Waals surface area contributed by atoms with Crippen molar-refractivity contribution in [2.45, 2.75) is 13.8 Å². The number of carbonyl (C=O) groups is 1. The molecule has 0 bridgehead atoms. The number of methoxy groups -OCH3 is 1. The molecule has 0 spiro atoms. The molecule has 0 fully saturated rings. The lowest BCUT2D eigenvalue weighted by Crippen LogP contribution is -2.24. The zero-order valence-electron chi connectivity index (χ0n) is 12.9. The quantitative estimate of drug-likeness (QED) is 0.878. The zero-order chi connectivity index (χ0) is 15.9. The van der Waals surface area contributed by atoms with Gasteiger partial charge in [-0.3, -0.25) is 9.78 Å². The first-order valence-electron chi connectivity index (χ1n) is 7.06. The van der Waals surface area contributed by atoms with Crippen molar-refractivity contribution in [1.29, 1.82) is 0 Å². The third kappa shape index (κ3) is 3.49. The van der Waals surface area contributed by atoms with E-state index in [1.165, 1.54) is 7.11 Å². The molecule has 0 atom stereocenters. The van der Waals surface area contributed by atoms with E-state index in [1.807, 2.05) is 18.7 Å². The lowest BCUT2D eigenvalue weighted by Gasteiger charge is -2.19. The van der Waals surface area contributed by atoms with Crippen LogP contribution in [0.3, 0.4) is 0 Å². The molecule has 116 valence electrons. The van der Waals surface area contributed by atoms with Gasteiger partial charge in [-0.15, -0.1) is 0 Å². The predicted octanol–water partition coefficient (Wildman–Crippen LogP) is 1.98. The molecule has 7 heteroatoms. The van der Waals surface area contributed by atoms with Crippen molar-refractivity contribution in [3.05, 3.63) is 36.3 Å². The average Bonchev–Trinajstić information content (AvgIpc) is 2.57. The maximum Gasteiger partial charge on any atom is 0.255 e. The van der Waals surface area contributed by atoms with Crippen molar-refractivity contribution in [3.63, 3.8) is 0 Å². The SMILES string of the molecule is CCN(CC)c1ncc(NC(=O)c2ccncc2)c(OC)n1. The van der Waals surface area contributed by atoms with Crippen molar-refractivity contribution in [2.24, 2.45) is 0 Å². The van der Waals surface area contributed by atoms with Crippen LogP contribution in [0.4, 0.5) is 11.6 Å². The van der Waals surface area contributed by atoms with Gasteiger partial charge in [-0.1, -0.05) is 0 Å². The standard InChI is InChI=1S/C15H19N5O2/c1-4-20(5-2)15-17-10-12(14(19-15)22-3)18-13(21)11-6-8-16-9-7-11/h6-10H,4-5H2,1-3H3,(H,18,21). The maximum atomic E-state index is 12.2. The van der Waals surface area contributed by atoms with Crippen molar-refractivity contribution in [3.8, 4) is 5.88 Å². The first-order valence-corrected chi connectivity index (χ1v) is 7.06. The van der Waals surface area contributed by atoms with Crippen LogP contribution in [0.2, 0.25) is 0 Å². The summed E-state index contributed by atoms with van der Waals surface area (Å²) in [5, 5.41) is 2.74. The molecule has 0 saturated carbocycles. The Kier molecular flexibility index (Phi) is 5.24. The van der Waals surface area contributed by atoms with Gasteiger partial charge >= 0.3 is 0 Å². The monoisotopic (exact) mass is 301 g/mol. The molecule has 2 heterocycles. The van der Waals surface area contributed by atoms with Crippen molar-refractivity contribution in [2.75, 3.05) is 30.4 Å². The normalized spacial score (nSPS) is 10.1. The fraction of sp³-hybridized carbons (Fsp3) is 0.333. The van der Waals surface area contributed by atoms with Crippen molar-refractivity contribution < 1.29 is 9.53 Å². The Bertz CT molecular complexity index is 629. The van der Waals surface area contributed by atoms with E-state index in [4.69, 9.17) is 4.74 Å². The van der Waals surface area contributed by atoms with Gasteiger partial charge in [0.25, 0.3) is 5.91 Å². The Morgan fingerprint density at radius 3 is 2.55 bits per heavy atom. The van der Waals surface area contributed by atoms with E-state index in [1.54, 1.807) is 30.7 Å². The molecule has 2 rings (SSSR count). The minimum absolute atomic E-state index is 0.264. The second-order valence-corrected chi connectivity index (χ2v) is 4.46. The lowest BCUT2D eigenvalue weighted by atomic mass is 10.2. The molecule has 0 radical (unpaired) electrons. The second-order valence-electron chi connectivity index (χ2n) is 4.46. The fourth-order valence-corrected chi connectivity index (χ4v) is 1.96. The predicted molar refractivity (Wildman–Crippen MR) is 84.3 cm³/mol. The summed E-state index contributed by atoms with van der Waals surface area (Å²) >= 11 is 0. The summed E-state index contributed by atoms with van der Waals surface area (Å²) in [5.41, 5.74) is 0.935. The number of pyridine rings is 1. The average molecular weight is 301 g/mol. The Morgan fingerprint density at radius 1 is 1.27 bits per heavy atom. The highest BCUT2D eigenvalue weighted by atomic mass is 16.5. The van der Waals surface area contributed by atoms with Gasteiger partial charge < -0.3 is 15.0 Å². The summed E-state index contributed by atoms with van der Waals surface area (Å²) in [7, 11) is 1.51. The van der Waals surface area contributed by atoms with Crippen LogP contribution in [0.25, 0.3) is 0 Å². The van der Waals surface area contributed by atoms with Crippen LogP contribution in [0, 0.1) is 0 Å². The largest absolute Gasteiger partial charge is 0.479 e. The molecule has 2 aromatic heterocycles. The Balaban J connectivity index is 2.23. The minimum atomic E-state index is -0.264. The third-order valence-corrected chi connectivity index (χ3v) is 3.17. The number of amides is 1. The van der Waals surface area contributed by atoms with E-state index in [0.717, 1.165) is 13.1 Å². The van der Waals surface area contributed by atoms with E-state index in [9.17, 15) is 4.79 Å². The van der Waals surface area contributed by atoms with E-state index in [-0.39, 0.29) is 5.91 Å². The number of nitrogens with one attached hydrogen (secondary N) is 1. The van der Waals surface area contributed by atoms with Crippen LogP contribution in [-0.2, 0) is 0 Å². The molecule has 2 aromatic rings. The van der Waals surface area contributed by atoms with Gasteiger partial charge in [0.15, 0.2) is 0 Å². The van der Waals surface area contributed by atoms with Crippen LogP contribution in [0.5, 0.6) is 5.88 Å². The van der Waals surface area contributed by atoms with E-state index in [0.29, 0.717) is 23.1 Å². The molecule has 1 N–H and O–H groups in total. The minimum Gasteiger partial charge on any atom is -0.479 e. The van der Waals surface area contributed by atoms with Gasteiger partial charge in [0, 0.05) is 31.0 Å². The van der Waals surface area contributed by atoms with Crippen LogP contribution in [0.15, 0.2) is 30.7 Å². The lowest BCUT2D eigenvalue weighted by molar-refractivity contribution is 0.102. The van der Waals surface area contributed by atoms with Gasteiger partial charge in [0.2, 0.25) is 11.8 Å². The third-order valence-electron chi connectivity index (χ3n) is 3.17. The molecule has 22 heavy (non-hydrogen) atoms. The molecular weight excluding hydrogens is 282 g/mol. The fourth-order valence-electron chi connectivity index (χ4n) is 1.96. The van der Waals surface area contributed by atoms with Gasteiger partial charge in [-0.05, 0) is 26.0 Å². The van der Waals surface area contributed by atoms with Gasteiger partial charge in [-0.2, -0.15) is 4.98 Å². The number of carbonyl (C=O) groups excluding carboxylic acids is 1. The number of ether oxygens (including phenoxy) is 1. The highest BCUT2D eigenvalue weighted by molar-refractivity contribution is 6.04. The summed E-state index contributed by atoms with van der Waals surface area (Å²) in [6.07, 6.45) is 4.68. The molecule has 0 aromatic carbocycles. The molecule has 0 saturated heterocycles. The van der Waals surface area contributed by atoms with Crippen molar-refractivity contribution in [1.82, 2.24) is 15.0 Å². The van der Waals surface area contributed by atoms with Crippen molar-refractivity contribution >= 4 is 17.5 Å². The Labute approximate surface area is 129 Å². The van der Waals surface area contributed by atoms with Crippen LogP contribution in [-0.4, -0.2) is 41.1 Å². The van der Waals surface area contributed by atoms with Gasteiger partial charge in [0.05, 0.1) is 13.3 Å². The number of hydrogen-bond donors (Lipinski definition) is 1. The molecular formula is C15H19N5O2. The van der Waals surface area contributed by atoms with Gasteiger partial charge in [0.1, 0.15) is 5.69 Å². The Hall–Kier alpha value is -2.70. The summed E-state index contributed by atoms with van der Waals surface area (Å²) in [4.78, 5) is 26.7. The van der Waals surface area contributed by atoms with E-state index >= 15 is 0 Å². The highest BCUT2D eigenvalue weighted by Crippen LogP contribution is 2.23. The van der Waals surface area contributed by atoms with E-state index < -0.39 is 0 Å². The molecule has 0 aliphatic rings. The summed E-state index contributed by atoms with van der Waals surface area (Å²) in [5.74, 6) is 0.642. The molecule has 1 amide bonds. The first-order chi connectivity index (χ1) is 10.7. The van der Waals surface area contributed by atoms with Crippen LogP contribution in [0.1, 0.15) is 24.2 Å². The number of anilines is 2. The smallest absolute Gasteiger partial charge is 0.255 e. The summed E-state index contributed by atoms with van der Waals surface area (Å²) < 4.78 is 5.26.